The van der Waals surface area contributed by atoms with E-state index in [0.29, 0.717) is 0 Å². The van der Waals surface area contributed by atoms with E-state index in [1.165, 1.54) is 14.0 Å². The molecule has 0 spiro atoms. The van der Waals surface area contributed by atoms with Crippen LogP contribution in [0.2, 0.25) is 0 Å². The van der Waals surface area contributed by atoms with Gasteiger partial charge in [-0.1, -0.05) is 0 Å². The fourth-order valence-corrected chi connectivity index (χ4v) is 1.44. The molecule has 0 amide bonds. The number of hydrogen-bond donors (Lipinski definition) is 0. The molecule has 2 heterocycles. The molecule has 90 valence electrons. The first-order valence-corrected chi connectivity index (χ1v) is 4.58. The first-order chi connectivity index (χ1) is 7.80. The Morgan fingerprint density at radius 3 is 2.53 bits per heavy atom. The molecule has 0 aliphatic rings. The van der Waals surface area contributed by atoms with Crippen molar-refractivity contribution in [1.82, 2.24) is 19.7 Å². The largest absolute Gasteiger partial charge is 0.451 e. The Balaban J connectivity index is 2.87. The second kappa shape index (κ2) is 3.51. The van der Waals surface area contributed by atoms with Gasteiger partial charge in [0.1, 0.15) is 5.52 Å². The van der Waals surface area contributed by atoms with Gasteiger partial charge in [0.15, 0.2) is 0 Å². The average molecular weight is 244 g/mol. The van der Waals surface area contributed by atoms with Gasteiger partial charge in [0.25, 0.3) is 5.56 Å². The standard InChI is InChI=1S/C9H7F3N4O/c1-4-6-5(3-13-16(2)7(6)17)15-8(14-4)9(10,11)12/h3H,1-2H3. The number of rotatable bonds is 0. The second-order valence-corrected chi connectivity index (χ2v) is 3.46. The monoisotopic (exact) mass is 244 g/mol. The van der Waals surface area contributed by atoms with Gasteiger partial charge in [0, 0.05) is 7.05 Å². The summed E-state index contributed by atoms with van der Waals surface area (Å²) in [4.78, 5) is 18.2. The van der Waals surface area contributed by atoms with Crippen LogP contribution in [0.5, 0.6) is 0 Å². The van der Waals surface area contributed by atoms with Crippen LogP contribution in [0.3, 0.4) is 0 Å². The Hall–Kier alpha value is -1.99. The van der Waals surface area contributed by atoms with E-state index < -0.39 is 17.6 Å². The van der Waals surface area contributed by atoms with Crippen LogP contribution in [0.15, 0.2) is 11.0 Å². The molecule has 5 nitrogen and oxygen atoms in total. The van der Waals surface area contributed by atoms with Crippen LogP contribution in [0.1, 0.15) is 11.5 Å². The molecule has 8 heteroatoms. The molecule has 0 atom stereocenters. The highest BCUT2D eigenvalue weighted by atomic mass is 19.4. The minimum absolute atomic E-state index is 0.00896. The first kappa shape index (κ1) is 11.5. The van der Waals surface area contributed by atoms with E-state index in [1.54, 1.807) is 0 Å². The van der Waals surface area contributed by atoms with E-state index in [0.717, 1.165) is 10.9 Å². The van der Waals surface area contributed by atoms with Crippen molar-refractivity contribution >= 4 is 10.9 Å². The lowest BCUT2D eigenvalue weighted by Gasteiger charge is -2.08. The van der Waals surface area contributed by atoms with Crippen molar-refractivity contribution < 1.29 is 13.2 Å². The van der Waals surface area contributed by atoms with Crippen LogP contribution in [-0.2, 0) is 13.2 Å². The van der Waals surface area contributed by atoms with E-state index in [2.05, 4.69) is 15.1 Å². The predicted octanol–water partition coefficient (Wildman–Crippen LogP) is 1.05. The highest BCUT2D eigenvalue weighted by Crippen LogP contribution is 2.27. The molecule has 2 rings (SSSR count). The molecule has 17 heavy (non-hydrogen) atoms. The zero-order chi connectivity index (χ0) is 12.8. The third-order valence-electron chi connectivity index (χ3n) is 2.23. The van der Waals surface area contributed by atoms with Crippen molar-refractivity contribution in [2.45, 2.75) is 13.1 Å². The van der Waals surface area contributed by atoms with Gasteiger partial charge in [0.2, 0.25) is 5.82 Å². The van der Waals surface area contributed by atoms with Crippen molar-refractivity contribution in [3.8, 4) is 0 Å². The summed E-state index contributed by atoms with van der Waals surface area (Å²) in [6.07, 6.45) is -3.53. The molecule has 0 aliphatic carbocycles. The zero-order valence-corrected chi connectivity index (χ0v) is 8.91. The second-order valence-electron chi connectivity index (χ2n) is 3.46. The summed E-state index contributed by atoms with van der Waals surface area (Å²) < 4.78 is 38.4. The minimum Gasteiger partial charge on any atom is -0.267 e. The Bertz CT molecular complexity index is 647. The third-order valence-corrected chi connectivity index (χ3v) is 2.23. The zero-order valence-electron chi connectivity index (χ0n) is 8.91. The Morgan fingerprint density at radius 1 is 1.29 bits per heavy atom. The van der Waals surface area contributed by atoms with E-state index in [1.807, 2.05) is 0 Å². The summed E-state index contributed by atoms with van der Waals surface area (Å²) in [6, 6.07) is 0. The van der Waals surface area contributed by atoms with Gasteiger partial charge in [-0.3, -0.25) is 4.79 Å². The number of aryl methyl sites for hydroxylation is 2. The van der Waals surface area contributed by atoms with E-state index in [-0.39, 0.29) is 16.6 Å². The molecule has 0 radical (unpaired) electrons. The number of nitrogens with zero attached hydrogens (tertiary/aromatic N) is 4. The minimum atomic E-state index is -4.64. The van der Waals surface area contributed by atoms with Crippen LogP contribution in [0.25, 0.3) is 10.9 Å². The van der Waals surface area contributed by atoms with Crippen molar-refractivity contribution in [3.63, 3.8) is 0 Å². The molecular formula is C9H7F3N4O. The average Bonchev–Trinajstić information content (AvgIpc) is 2.21. The Kier molecular flexibility index (Phi) is 2.37. The number of alkyl halides is 3. The number of aromatic nitrogens is 4. The maximum absolute atomic E-state index is 12.4. The van der Waals surface area contributed by atoms with Crippen molar-refractivity contribution in [1.29, 1.82) is 0 Å². The van der Waals surface area contributed by atoms with Crippen molar-refractivity contribution in [2.75, 3.05) is 0 Å². The first-order valence-electron chi connectivity index (χ1n) is 4.58. The van der Waals surface area contributed by atoms with Gasteiger partial charge in [-0.25, -0.2) is 14.6 Å². The molecule has 0 fully saturated rings. The molecule has 0 N–H and O–H groups in total. The molecular weight excluding hydrogens is 237 g/mol. The highest BCUT2D eigenvalue weighted by Gasteiger charge is 2.35. The van der Waals surface area contributed by atoms with Crippen molar-refractivity contribution in [3.05, 3.63) is 28.1 Å². The fourth-order valence-electron chi connectivity index (χ4n) is 1.44. The van der Waals surface area contributed by atoms with E-state index in [9.17, 15) is 18.0 Å². The summed E-state index contributed by atoms with van der Waals surface area (Å²) >= 11 is 0. The van der Waals surface area contributed by atoms with Gasteiger partial charge in [0.05, 0.1) is 17.3 Å². The van der Waals surface area contributed by atoms with Gasteiger partial charge >= 0.3 is 6.18 Å². The molecule has 2 aromatic heterocycles. The van der Waals surface area contributed by atoms with Crippen molar-refractivity contribution in [2.24, 2.45) is 7.05 Å². The summed E-state index contributed by atoms with van der Waals surface area (Å²) in [5.74, 6) is -1.27. The quantitative estimate of drug-likeness (QED) is 0.695. The molecule has 0 saturated heterocycles. The van der Waals surface area contributed by atoms with Crippen LogP contribution in [0.4, 0.5) is 13.2 Å². The number of halogens is 3. The molecule has 0 saturated carbocycles. The SMILES string of the molecule is Cc1nc(C(F)(F)F)nc2cnn(C)c(=O)c12. The molecule has 0 aliphatic heterocycles. The maximum Gasteiger partial charge on any atom is 0.451 e. The van der Waals surface area contributed by atoms with Crippen LogP contribution >= 0.6 is 0 Å². The Labute approximate surface area is 92.9 Å². The smallest absolute Gasteiger partial charge is 0.267 e. The van der Waals surface area contributed by atoms with Crippen LogP contribution in [-0.4, -0.2) is 19.7 Å². The van der Waals surface area contributed by atoms with Crippen LogP contribution < -0.4 is 5.56 Å². The summed E-state index contributed by atoms with van der Waals surface area (Å²) in [5, 5.41) is 3.67. The Morgan fingerprint density at radius 2 is 1.94 bits per heavy atom. The molecule has 0 unspecified atom stereocenters. The van der Waals surface area contributed by atoms with Gasteiger partial charge in [-0.2, -0.15) is 18.3 Å². The van der Waals surface area contributed by atoms with Crippen LogP contribution in [0, 0.1) is 6.92 Å². The summed E-state index contributed by atoms with van der Waals surface area (Å²) in [6.45, 7) is 1.33. The molecule has 0 bridgehead atoms. The highest BCUT2D eigenvalue weighted by molar-refractivity contribution is 5.78. The third kappa shape index (κ3) is 1.85. The lowest BCUT2D eigenvalue weighted by Crippen LogP contribution is -2.22. The predicted molar refractivity (Wildman–Crippen MR) is 52.3 cm³/mol. The van der Waals surface area contributed by atoms with E-state index >= 15 is 0 Å². The maximum atomic E-state index is 12.4. The van der Waals surface area contributed by atoms with Gasteiger partial charge in [-0.05, 0) is 6.92 Å². The molecule has 0 aromatic carbocycles. The summed E-state index contributed by atoms with van der Waals surface area (Å²) in [5.41, 5.74) is -0.632. The number of hydrogen-bond acceptors (Lipinski definition) is 4. The lowest BCUT2D eigenvalue weighted by atomic mass is 10.2. The number of fused-ring (bicyclic) bond motifs is 1. The van der Waals surface area contributed by atoms with Gasteiger partial charge < -0.3 is 0 Å². The topological polar surface area (TPSA) is 60.7 Å². The van der Waals surface area contributed by atoms with E-state index in [4.69, 9.17) is 0 Å². The van der Waals surface area contributed by atoms with Gasteiger partial charge in [-0.15, -0.1) is 0 Å². The molecule has 2 aromatic rings. The lowest BCUT2D eigenvalue weighted by molar-refractivity contribution is -0.144. The fraction of sp³-hybridized carbons (Fsp3) is 0.333. The normalized spacial score (nSPS) is 12.1. The summed E-state index contributed by atoms with van der Waals surface area (Å²) in [7, 11) is 1.40.